The number of piperidine rings is 1. The molecule has 0 unspecified atom stereocenters. The third-order valence-electron chi connectivity index (χ3n) is 6.20. The maximum Gasteiger partial charge on any atom is 0.414 e. The van der Waals surface area contributed by atoms with Gasteiger partial charge in [0.2, 0.25) is 0 Å². The van der Waals surface area contributed by atoms with Crippen LogP contribution in [0.25, 0.3) is 5.57 Å². The first kappa shape index (κ1) is 31.0. The molecule has 206 valence electrons. The van der Waals surface area contributed by atoms with E-state index in [2.05, 4.69) is 71.6 Å². The highest BCUT2D eigenvalue weighted by Crippen LogP contribution is 2.33. The zero-order valence-corrected chi connectivity index (χ0v) is 21.9. The molecule has 39 heavy (non-hydrogen) atoms. The molecule has 0 spiro atoms. The highest BCUT2D eigenvalue weighted by Gasteiger charge is 2.33. The van der Waals surface area contributed by atoms with Crippen molar-refractivity contribution in [3.05, 3.63) is 114 Å². The summed E-state index contributed by atoms with van der Waals surface area (Å²) in [5.74, 6) is -4.39. The molecule has 1 saturated heterocycles. The number of hydrogen-bond acceptors (Lipinski definition) is 5. The maximum absolute atomic E-state index is 11.1. The van der Waals surface area contributed by atoms with Crippen molar-refractivity contribution in [1.29, 1.82) is 0 Å². The van der Waals surface area contributed by atoms with Gasteiger partial charge in [-0.15, -0.1) is 0 Å². The number of likely N-dealkylation sites (tertiary alicyclic amines) is 1. The molecule has 8 heteroatoms. The van der Waals surface area contributed by atoms with Crippen LogP contribution in [0.4, 0.5) is 0 Å². The third kappa shape index (κ3) is 10.6. The zero-order valence-electron chi connectivity index (χ0n) is 21.9. The van der Waals surface area contributed by atoms with Crippen molar-refractivity contribution in [2.45, 2.75) is 31.8 Å². The Balaban J connectivity index is 0.000000412. The molecule has 1 fully saturated rings. The second-order valence-corrected chi connectivity index (χ2v) is 8.91. The summed E-state index contributed by atoms with van der Waals surface area (Å²) in [6.07, 6.45) is 4.10. The minimum absolute atomic E-state index is 0.222. The van der Waals surface area contributed by atoms with Crippen LogP contribution in [0.5, 0.6) is 0 Å². The number of nitrogens with zero attached hydrogens (tertiary/aromatic N) is 1. The Hall–Kier alpha value is -4.27. The van der Waals surface area contributed by atoms with Gasteiger partial charge in [0.05, 0.1) is 5.60 Å². The van der Waals surface area contributed by atoms with Gasteiger partial charge in [0.15, 0.2) is 0 Å². The van der Waals surface area contributed by atoms with E-state index >= 15 is 0 Å². The molecule has 1 heterocycles. The summed E-state index contributed by atoms with van der Waals surface area (Å²) in [6.45, 7) is 4.30. The molecule has 0 amide bonds. The van der Waals surface area contributed by atoms with Crippen molar-refractivity contribution in [2.75, 3.05) is 19.6 Å². The van der Waals surface area contributed by atoms with E-state index in [0.29, 0.717) is 0 Å². The summed E-state index contributed by atoms with van der Waals surface area (Å²) < 4.78 is 0. The van der Waals surface area contributed by atoms with Crippen LogP contribution in [0, 0.1) is 0 Å². The third-order valence-corrected chi connectivity index (χ3v) is 6.20. The van der Waals surface area contributed by atoms with E-state index in [0.717, 1.165) is 38.0 Å². The standard InChI is InChI=1S/C26H27NO.C3H6O2.C2H2O4/c28-26(24-14-8-3-9-15-24)17-20-27(21-18-26)19-16-25(22-10-4-1-5-11-22)23-12-6-2-7-13-23;1-2-3(4)5;3-1(4)2(5)6/h1-16,28H,17-21H2;2H2,1H3,(H,4,5);(H,3,4)(H,5,6). The quantitative estimate of drug-likeness (QED) is 0.334. The van der Waals surface area contributed by atoms with Crippen LogP contribution in [0.2, 0.25) is 0 Å². The van der Waals surface area contributed by atoms with E-state index in [1.165, 1.54) is 16.7 Å². The van der Waals surface area contributed by atoms with E-state index < -0.39 is 23.5 Å². The van der Waals surface area contributed by atoms with E-state index in [9.17, 15) is 9.90 Å². The molecule has 0 aliphatic carbocycles. The molecule has 0 saturated carbocycles. The summed E-state index contributed by atoms with van der Waals surface area (Å²) in [5.41, 5.74) is 4.10. The average molecular weight is 534 g/mol. The molecule has 4 N–H and O–H groups in total. The van der Waals surface area contributed by atoms with Crippen LogP contribution in [-0.2, 0) is 20.0 Å². The molecule has 4 rings (SSSR count). The SMILES string of the molecule is CCC(=O)O.O=C(O)C(=O)O.OC1(c2ccccc2)CCN(CC=C(c2ccccc2)c2ccccc2)CC1. The van der Waals surface area contributed by atoms with Crippen LogP contribution in [0.3, 0.4) is 0 Å². The van der Waals surface area contributed by atoms with Gasteiger partial charge < -0.3 is 20.4 Å². The summed E-state index contributed by atoms with van der Waals surface area (Å²) in [7, 11) is 0. The second-order valence-electron chi connectivity index (χ2n) is 8.91. The van der Waals surface area contributed by atoms with Crippen LogP contribution in [0.15, 0.2) is 97.1 Å². The fourth-order valence-electron chi connectivity index (χ4n) is 4.00. The van der Waals surface area contributed by atoms with Gasteiger partial charge in [0.1, 0.15) is 0 Å². The lowest BCUT2D eigenvalue weighted by atomic mass is 9.84. The summed E-state index contributed by atoms with van der Waals surface area (Å²) in [5, 5.41) is 33.6. The predicted molar refractivity (Wildman–Crippen MR) is 149 cm³/mol. The van der Waals surface area contributed by atoms with Gasteiger partial charge in [-0.25, -0.2) is 9.59 Å². The number of rotatable bonds is 6. The number of aliphatic hydroxyl groups is 1. The first-order valence-corrected chi connectivity index (χ1v) is 12.7. The van der Waals surface area contributed by atoms with E-state index in [-0.39, 0.29) is 6.42 Å². The minimum Gasteiger partial charge on any atom is -0.481 e. The van der Waals surface area contributed by atoms with Crippen molar-refractivity contribution in [3.8, 4) is 0 Å². The van der Waals surface area contributed by atoms with Crippen LogP contribution in [-0.4, -0.2) is 62.9 Å². The van der Waals surface area contributed by atoms with Crippen molar-refractivity contribution < 1.29 is 34.8 Å². The first-order chi connectivity index (χ1) is 18.7. The van der Waals surface area contributed by atoms with Crippen molar-refractivity contribution in [3.63, 3.8) is 0 Å². The maximum atomic E-state index is 11.1. The number of aliphatic carboxylic acids is 3. The largest absolute Gasteiger partial charge is 0.481 e. The van der Waals surface area contributed by atoms with Gasteiger partial charge in [-0.1, -0.05) is 104 Å². The van der Waals surface area contributed by atoms with Gasteiger partial charge in [-0.3, -0.25) is 9.69 Å². The highest BCUT2D eigenvalue weighted by molar-refractivity contribution is 6.27. The van der Waals surface area contributed by atoms with E-state index in [4.69, 9.17) is 24.9 Å². The highest BCUT2D eigenvalue weighted by atomic mass is 16.4. The Morgan fingerprint density at radius 1 is 0.744 bits per heavy atom. The lowest BCUT2D eigenvalue weighted by Gasteiger charge is -2.38. The normalized spacial score (nSPS) is 13.9. The lowest BCUT2D eigenvalue weighted by molar-refractivity contribution is -0.159. The molecule has 1 aliphatic rings. The first-order valence-electron chi connectivity index (χ1n) is 12.7. The van der Waals surface area contributed by atoms with Gasteiger partial charge in [0.25, 0.3) is 0 Å². The Labute approximate surface area is 228 Å². The zero-order chi connectivity index (χ0) is 28.7. The number of hydrogen-bond donors (Lipinski definition) is 4. The van der Waals surface area contributed by atoms with Gasteiger partial charge in [-0.05, 0) is 35.1 Å². The molecule has 0 radical (unpaired) electrons. The molecule has 0 aromatic heterocycles. The Kier molecular flexibility index (Phi) is 12.6. The molecular formula is C31H35NO7. The summed E-state index contributed by atoms with van der Waals surface area (Å²) >= 11 is 0. The van der Waals surface area contributed by atoms with Crippen LogP contribution in [0.1, 0.15) is 42.9 Å². The molecule has 1 aliphatic heterocycles. The molecule has 3 aromatic rings. The molecular weight excluding hydrogens is 498 g/mol. The predicted octanol–water partition coefficient (Wildman–Crippen LogP) is 4.74. The number of carboxylic acids is 3. The van der Waals surface area contributed by atoms with Gasteiger partial charge in [0, 0.05) is 26.1 Å². The number of carboxylic acid groups (broad SMARTS) is 3. The summed E-state index contributed by atoms with van der Waals surface area (Å²) in [4.78, 5) is 30.0. The number of benzene rings is 3. The van der Waals surface area contributed by atoms with E-state index in [1.54, 1.807) is 6.92 Å². The minimum atomic E-state index is -1.82. The summed E-state index contributed by atoms with van der Waals surface area (Å²) in [6, 6.07) is 31.3. The lowest BCUT2D eigenvalue weighted by Crippen LogP contribution is -2.42. The van der Waals surface area contributed by atoms with Crippen molar-refractivity contribution >= 4 is 23.5 Å². The molecule has 0 atom stereocenters. The Bertz CT molecular complexity index is 1150. The van der Waals surface area contributed by atoms with E-state index in [1.807, 2.05) is 30.3 Å². The Morgan fingerprint density at radius 2 is 1.13 bits per heavy atom. The fourth-order valence-corrected chi connectivity index (χ4v) is 4.00. The average Bonchev–Trinajstić information content (AvgIpc) is 2.96. The molecule has 8 nitrogen and oxygen atoms in total. The van der Waals surface area contributed by atoms with Crippen molar-refractivity contribution in [1.82, 2.24) is 4.90 Å². The van der Waals surface area contributed by atoms with Gasteiger partial charge >= 0.3 is 17.9 Å². The molecule has 3 aromatic carbocycles. The van der Waals surface area contributed by atoms with Gasteiger partial charge in [-0.2, -0.15) is 0 Å². The Morgan fingerprint density at radius 3 is 1.49 bits per heavy atom. The fraction of sp³-hybridized carbons (Fsp3) is 0.258. The second kappa shape index (κ2) is 15.9. The topological polar surface area (TPSA) is 135 Å². The van der Waals surface area contributed by atoms with Crippen LogP contribution >= 0.6 is 0 Å². The molecule has 0 bridgehead atoms. The van der Waals surface area contributed by atoms with Crippen molar-refractivity contribution in [2.24, 2.45) is 0 Å². The smallest absolute Gasteiger partial charge is 0.414 e. The van der Waals surface area contributed by atoms with Crippen LogP contribution < -0.4 is 0 Å². The monoisotopic (exact) mass is 533 g/mol. The number of carbonyl (C=O) groups is 3.